The van der Waals surface area contributed by atoms with E-state index in [0.29, 0.717) is 10.4 Å². The SMILES string of the molecule is Cc1cc(C(=O)Cc2ccc(Cl)c(F)c2)sc1Br. The summed E-state index contributed by atoms with van der Waals surface area (Å²) in [5.41, 5.74) is 1.66. The van der Waals surface area contributed by atoms with Gasteiger partial charge in [-0.2, -0.15) is 0 Å². The molecule has 0 unspecified atom stereocenters. The van der Waals surface area contributed by atoms with E-state index in [1.165, 1.54) is 23.5 Å². The topological polar surface area (TPSA) is 17.1 Å². The maximum Gasteiger partial charge on any atom is 0.177 e. The highest BCUT2D eigenvalue weighted by molar-refractivity contribution is 9.11. The van der Waals surface area contributed by atoms with Crippen molar-refractivity contribution in [1.29, 1.82) is 0 Å². The first-order chi connectivity index (χ1) is 8.47. The van der Waals surface area contributed by atoms with Gasteiger partial charge in [-0.1, -0.05) is 17.7 Å². The molecule has 0 atom stereocenters. The molecule has 0 aliphatic heterocycles. The van der Waals surface area contributed by atoms with Crippen molar-refractivity contribution in [3.8, 4) is 0 Å². The molecule has 18 heavy (non-hydrogen) atoms. The van der Waals surface area contributed by atoms with E-state index in [4.69, 9.17) is 11.6 Å². The van der Waals surface area contributed by atoms with Crippen molar-refractivity contribution in [2.75, 3.05) is 0 Å². The molecule has 0 saturated heterocycles. The number of benzene rings is 1. The molecule has 0 N–H and O–H groups in total. The minimum Gasteiger partial charge on any atom is -0.293 e. The second kappa shape index (κ2) is 5.51. The Hall–Kier alpha value is -0.710. The Morgan fingerprint density at radius 2 is 2.17 bits per heavy atom. The number of thiophene rings is 1. The van der Waals surface area contributed by atoms with E-state index in [2.05, 4.69) is 15.9 Å². The van der Waals surface area contributed by atoms with Gasteiger partial charge < -0.3 is 0 Å². The molecule has 0 bridgehead atoms. The van der Waals surface area contributed by atoms with Gasteiger partial charge in [0.1, 0.15) is 5.82 Å². The highest BCUT2D eigenvalue weighted by atomic mass is 79.9. The third kappa shape index (κ3) is 2.99. The van der Waals surface area contributed by atoms with E-state index in [9.17, 15) is 9.18 Å². The van der Waals surface area contributed by atoms with Crippen molar-refractivity contribution in [2.24, 2.45) is 0 Å². The number of aryl methyl sites for hydroxylation is 1. The fourth-order valence-electron chi connectivity index (χ4n) is 1.52. The van der Waals surface area contributed by atoms with Crippen molar-refractivity contribution in [1.82, 2.24) is 0 Å². The summed E-state index contributed by atoms with van der Waals surface area (Å²) in [5, 5.41) is 0.0703. The number of hydrogen-bond acceptors (Lipinski definition) is 2. The third-order valence-corrected chi connectivity index (χ3v) is 4.96. The van der Waals surface area contributed by atoms with E-state index in [0.717, 1.165) is 9.35 Å². The van der Waals surface area contributed by atoms with Gasteiger partial charge in [0.2, 0.25) is 0 Å². The van der Waals surface area contributed by atoms with E-state index in [1.807, 2.05) is 13.0 Å². The van der Waals surface area contributed by atoms with E-state index in [1.54, 1.807) is 6.07 Å². The van der Waals surface area contributed by atoms with E-state index in [-0.39, 0.29) is 17.2 Å². The predicted molar refractivity (Wildman–Crippen MR) is 76.2 cm³/mol. The summed E-state index contributed by atoms with van der Waals surface area (Å²) < 4.78 is 14.2. The Balaban J connectivity index is 2.18. The van der Waals surface area contributed by atoms with Crippen LogP contribution in [0.25, 0.3) is 0 Å². The van der Waals surface area contributed by atoms with Crippen LogP contribution in [-0.2, 0) is 6.42 Å². The quantitative estimate of drug-likeness (QED) is 0.711. The minimum absolute atomic E-state index is 0.0180. The van der Waals surface area contributed by atoms with Crippen LogP contribution in [0.2, 0.25) is 5.02 Å². The molecule has 0 aliphatic carbocycles. The second-order valence-electron chi connectivity index (χ2n) is 3.92. The normalized spacial score (nSPS) is 10.7. The van der Waals surface area contributed by atoms with Crippen molar-refractivity contribution < 1.29 is 9.18 Å². The lowest BCUT2D eigenvalue weighted by Gasteiger charge is -2.00. The Morgan fingerprint density at radius 3 is 2.72 bits per heavy atom. The van der Waals surface area contributed by atoms with Gasteiger partial charge in [0.25, 0.3) is 0 Å². The Labute approximate surface area is 122 Å². The van der Waals surface area contributed by atoms with Crippen LogP contribution in [0.3, 0.4) is 0 Å². The van der Waals surface area contributed by atoms with E-state index < -0.39 is 5.82 Å². The van der Waals surface area contributed by atoms with Crippen LogP contribution in [-0.4, -0.2) is 5.78 Å². The second-order valence-corrected chi connectivity index (χ2v) is 6.69. The van der Waals surface area contributed by atoms with E-state index >= 15 is 0 Å². The smallest absolute Gasteiger partial charge is 0.177 e. The van der Waals surface area contributed by atoms with Crippen molar-refractivity contribution in [2.45, 2.75) is 13.3 Å². The average molecular weight is 348 g/mol. The number of ketones is 1. The molecule has 2 aromatic rings. The molecule has 1 heterocycles. The third-order valence-electron chi connectivity index (χ3n) is 2.48. The summed E-state index contributed by atoms with van der Waals surface area (Å²) >= 11 is 10.4. The monoisotopic (exact) mass is 346 g/mol. The summed E-state index contributed by atoms with van der Waals surface area (Å²) in [6.45, 7) is 1.93. The lowest BCUT2D eigenvalue weighted by molar-refractivity contribution is 0.0997. The van der Waals surface area contributed by atoms with Crippen molar-refractivity contribution >= 4 is 44.7 Å². The predicted octanol–water partition coefficient (Wildman–Crippen LogP) is 5.04. The minimum atomic E-state index is -0.495. The summed E-state index contributed by atoms with van der Waals surface area (Å²) in [6.07, 6.45) is 0.181. The van der Waals surface area contributed by atoms with Gasteiger partial charge in [0, 0.05) is 6.42 Å². The fraction of sp³-hybridized carbons (Fsp3) is 0.154. The van der Waals surface area contributed by atoms with Gasteiger partial charge >= 0.3 is 0 Å². The van der Waals surface area contributed by atoms with Crippen molar-refractivity contribution in [3.63, 3.8) is 0 Å². The zero-order valence-electron chi connectivity index (χ0n) is 9.47. The zero-order valence-corrected chi connectivity index (χ0v) is 12.6. The number of carbonyl (C=O) groups excluding carboxylic acids is 1. The molecule has 94 valence electrons. The maximum absolute atomic E-state index is 13.3. The highest BCUT2D eigenvalue weighted by Gasteiger charge is 2.12. The number of hydrogen-bond donors (Lipinski definition) is 0. The van der Waals surface area contributed by atoms with Crippen LogP contribution in [0.4, 0.5) is 4.39 Å². The van der Waals surface area contributed by atoms with Crippen LogP contribution in [0.5, 0.6) is 0 Å². The number of rotatable bonds is 3. The van der Waals surface area contributed by atoms with Gasteiger partial charge in [-0.05, 0) is 52.2 Å². The standard InChI is InChI=1S/C13H9BrClFOS/c1-7-4-12(18-13(7)14)11(17)6-8-2-3-9(15)10(16)5-8/h2-5H,6H2,1H3. The molecule has 0 radical (unpaired) electrons. The molecular weight excluding hydrogens is 339 g/mol. The van der Waals surface area contributed by atoms with Gasteiger partial charge in [0.15, 0.2) is 5.78 Å². The fourth-order valence-corrected chi connectivity index (χ4v) is 3.11. The van der Waals surface area contributed by atoms with Crippen molar-refractivity contribution in [3.05, 3.63) is 54.9 Å². The highest BCUT2D eigenvalue weighted by Crippen LogP contribution is 2.28. The van der Waals surface area contributed by atoms with Crippen LogP contribution in [0.1, 0.15) is 20.8 Å². The summed E-state index contributed by atoms with van der Waals surface area (Å²) in [5.74, 6) is -0.513. The molecule has 1 aromatic carbocycles. The summed E-state index contributed by atoms with van der Waals surface area (Å²) in [7, 11) is 0. The van der Waals surface area contributed by atoms with Crippen LogP contribution in [0, 0.1) is 12.7 Å². The lowest BCUT2D eigenvalue weighted by Crippen LogP contribution is -2.01. The molecule has 0 saturated carbocycles. The van der Waals surface area contributed by atoms with Crippen LogP contribution in [0.15, 0.2) is 28.1 Å². The van der Waals surface area contributed by atoms with Gasteiger partial charge in [0.05, 0.1) is 13.7 Å². The Kier molecular flexibility index (Phi) is 4.20. The van der Waals surface area contributed by atoms with Gasteiger partial charge in [-0.15, -0.1) is 11.3 Å². The largest absolute Gasteiger partial charge is 0.293 e. The lowest BCUT2D eigenvalue weighted by atomic mass is 10.1. The maximum atomic E-state index is 13.3. The first-order valence-electron chi connectivity index (χ1n) is 5.20. The molecule has 0 amide bonds. The molecule has 1 nitrogen and oxygen atoms in total. The van der Waals surface area contributed by atoms with Gasteiger partial charge in [-0.3, -0.25) is 4.79 Å². The Morgan fingerprint density at radius 1 is 1.44 bits per heavy atom. The molecule has 0 spiro atoms. The first kappa shape index (κ1) is 13.7. The Bertz CT molecular complexity index is 590. The van der Waals surface area contributed by atoms with Gasteiger partial charge in [-0.25, -0.2) is 4.39 Å². The summed E-state index contributed by atoms with van der Waals surface area (Å²) in [4.78, 5) is 12.7. The number of halogens is 3. The van der Waals surface area contributed by atoms with Crippen LogP contribution >= 0.6 is 38.9 Å². The molecular formula is C13H9BrClFOS. The van der Waals surface area contributed by atoms with Crippen LogP contribution < -0.4 is 0 Å². The molecule has 5 heteroatoms. The zero-order chi connectivity index (χ0) is 13.3. The molecule has 2 rings (SSSR count). The number of carbonyl (C=O) groups is 1. The number of Topliss-reactive ketones (excluding diaryl/α,β-unsaturated/α-hetero) is 1. The first-order valence-corrected chi connectivity index (χ1v) is 7.19. The average Bonchev–Trinajstić information content (AvgIpc) is 2.65. The molecule has 1 aromatic heterocycles. The summed E-state index contributed by atoms with van der Waals surface area (Å²) in [6, 6.07) is 6.27. The molecule has 0 fully saturated rings. The molecule has 0 aliphatic rings.